The van der Waals surface area contributed by atoms with Crippen molar-refractivity contribution in [3.8, 4) is 5.75 Å². The van der Waals surface area contributed by atoms with Crippen LogP contribution < -0.4 is 10.5 Å². The molecule has 3 heteroatoms. The second kappa shape index (κ2) is 6.76. The predicted molar refractivity (Wildman–Crippen MR) is 74.9 cm³/mol. The van der Waals surface area contributed by atoms with Gasteiger partial charge in [0.15, 0.2) is 0 Å². The van der Waals surface area contributed by atoms with Gasteiger partial charge in [0, 0.05) is 13.0 Å². The summed E-state index contributed by atoms with van der Waals surface area (Å²) in [5.74, 6) is 0.842. The molecule has 0 saturated heterocycles. The fraction of sp³-hybridized carbons (Fsp3) is 0.600. The first-order valence-electron chi connectivity index (χ1n) is 6.61. The highest BCUT2D eigenvalue weighted by Gasteiger charge is 2.17. The number of rotatable bonds is 7. The van der Waals surface area contributed by atoms with Crippen LogP contribution in [0, 0.1) is 0 Å². The molecule has 0 spiro atoms. The van der Waals surface area contributed by atoms with Crippen molar-refractivity contribution < 1.29 is 9.84 Å². The normalized spacial score (nSPS) is 13.4. The molecule has 0 bridgehead atoms. The summed E-state index contributed by atoms with van der Waals surface area (Å²) < 4.78 is 5.56. The Morgan fingerprint density at radius 2 is 1.89 bits per heavy atom. The van der Waals surface area contributed by atoms with E-state index < -0.39 is 6.10 Å². The molecule has 1 rings (SSSR count). The van der Waals surface area contributed by atoms with E-state index in [9.17, 15) is 5.11 Å². The van der Waals surface area contributed by atoms with Gasteiger partial charge in [-0.15, -0.1) is 0 Å². The third kappa shape index (κ3) is 4.31. The second-order valence-electron chi connectivity index (χ2n) is 5.29. The summed E-state index contributed by atoms with van der Waals surface area (Å²) in [5.41, 5.74) is 6.85. The van der Waals surface area contributed by atoms with Crippen molar-refractivity contribution in [3.63, 3.8) is 0 Å². The molecule has 102 valence electrons. The van der Waals surface area contributed by atoms with E-state index in [-0.39, 0.29) is 12.0 Å². The van der Waals surface area contributed by atoms with Crippen LogP contribution >= 0.6 is 0 Å². The van der Waals surface area contributed by atoms with Crippen LogP contribution in [-0.2, 0) is 5.41 Å². The lowest BCUT2D eigenvalue weighted by atomic mass is 9.82. The van der Waals surface area contributed by atoms with Gasteiger partial charge in [0.1, 0.15) is 5.75 Å². The molecule has 3 nitrogen and oxygen atoms in total. The average molecular weight is 251 g/mol. The number of aliphatic hydroxyl groups excluding tert-OH is 1. The first-order valence-corrected chi connectivity index (χ1v) is 6.61. The molecule has 3 N–H and O–H groups in total. The van der Waals surface area contributed by atoms with E-state index in [4.69, 9.17) is 10.5 Å². The van der Waals surface area contributed by atoms with Crippen molar-refractivity contribution in [3.05, 3.63) is 29.8 Å². The third-order valence-corrected chi connectivity index (χ3v) is 3.51. The van der Waals surface area contributed by atoms with Gasteiger partial charge in [-0.25, -0.2) is 0 Å². The summed E-state index contributed by atoms with van der Waals surface area (Å²) in [6.45, 7) is 7.45. The molecule has 0 heterocycles. The monoisotopic (exact) mass is 251 g/mol. The number of hydrogen-bond donors (Lipinski definition) is 2. The highest BCUT2D eigenvalue weighted by atomic mass is 16.5. The molecule has 0 fully saturated rings. The third-order valence-electron chi connectivity index (χ3n) is 3.51. The summed E-state index contributed by atoms with van der Waals surface area (Å²) in [7, 11) is 0. The molecule has 0 amide bonds. The van der Waals surface area contributed by atoms with Gasteiger partial charge in [0.05, 0.1) is 12.7 Å². The zero-order valence-electron chi connectivity index (χ0n) is 11.6. The molecule has 1 aromatic rings. The number of hydrogen-bond acceptors (Lipinski definition) is 3. The summed E-state index contributed by atoms with van der Waals surface area (Å²) >= 11 is 0. The van der Waals surface area contributed by atoms with Crippen molar-refractivity contribution >= 4 is 0 Å². The lowest BCUT2D eigenvalue weighted by Crippen LogP contribution is -2.22. The molecule has 0 aromatic heterocycles. The van der Waals surface area contributed by atoms with Crippen molar-refractivity contribution in [1.82, 2.24) is 0 Å². The van der Waals surface area contributed by atoms with Gasteiger partial charge >= 0.3 is 0 Å². The lowest BCUT2D eigenvalue weighted by molar-refractivity contribution is 0.146. The van der Waals surface area contributed by atoms with E-state index in [1.165, 1.54) is 5.56 Å². The molecular weight excluding hydrogens is 226 g/mol. The maximum Gasteiger partial charge on any atom is 0.119 e. The molecule has 1 atom stereocenters. The van der Waals surface area contributed by atoms with E-state index in [1.54, 1.807) is 0 Å². The van der Waals surface area contributed by atoms with Gasteiger partial charge in [-0.05, 0) is 29.5 Å². The minimum absolute atomic E-state index is 0.203. The Morgan fingerprint density at radius 1 is 1.28 bits per heavy atom. The molecule has 18 heavy (non-hydrogen) atoms. The van der Waals surface area contributed by atoms with Gasteiger partial charge in [-0.1, -0.05) is 32.9 Å². The second-order valence-corrected chi connectivity index (χ2v) is 5.29. The SMILES string of the molecule is CCC(C)(C)c1ccc(OCCC(O)CN)cc1. The minimum Gasteiger partial charge on any atom is -0.493 e. The van der Waals surface area contributed by atoms with Crippen LogP contribution in [0.4, 0.5) is 0 Å². The van der Waals surface area contributed by atoms with Crippen LogP contribution in [0.5, 0.6) is 5.75 Å². The largest absolute Gasteiger partial charge is 0.493 e. The molecule has 1 aromatic carbocycles. The predicted octanol–water partition coefficient (Wildman–Crippen LogP) is 2.46. The molecule has 1 unspecified atom stereocenters. The number of benzene rings is 1. The Kier molecular flexibility index (Phi) is 5.63. The quantitative estimate of drug-likeness (QED) is 0.782. The van der Waals surface area contributed by atoms with Crippen LogP contribution in [0.2, 0.25) is 0 Å². The number of aliphatic hydroxyl groups is 1. The fourth-order valence-electron chi connectivity index (χ4n) is 1.64. The fourth-order valence-corrected chi connectivity index (χ4v) is 1.64. The standard InChI is InChI=1S/C15H25NO2/c1-4-15(2,3)12-5-7-14(8-6-12)18-10-9-13(17)11-16/h5-8,13,17H,4,9-11,16H2,1-3H3. The van der Waals surface area contributed by atoms with Gasteiger partial charge in [-0.2, -0.15) is 0 Å². The average Bonchev–Trinajstić information content (AvgIpc) is 2.39. The van der Waals surface area contributed by atoms with Gasteiger partial charge < -0.3 is 15.6 Å². The van der Waals surface area contributed by atoms with Crippen molar-refractivity contribution in [2.24, 2.45) is 5.73 Å². The van der Waals surface area contributed by atoms with E-state index in [0.717, 1.165) is 12.2 Å². The maximum atomic E-state index is 9.31. The maximum absolute atomic E-state index is 9.31. The molecular formula is C15H25NO2. The van der Waals surface area contributed by atoms with Crippen LogP contribution in [0.25, 0.3) is 0 Å². The number of ether oxygens (including phenoxy) is 1. The summed E-state index contributed by atoms with van der Waals surface area (Å²) in [6, 6.07) is 8.19. The van der Waals surface area contributed by atoms with Gasteiger partial charge in [-0.3, -0.25) is 0 Å². The smallest absolute Gasteiger partial charge is 0.119 e. The zero-order valence-corrected chi connectivity index (χ0v) is 11.6. The van der Waals surface area contributed by atoms with E-state index in [0.29, 0.717) is 13.0 Å². The van der Waals surface area contributed by atoms with E-state index >= 15 is 0 Å². The Bertz CT molecular complexity index is 346. The van der Waals surface area contributed by atoms with Crippen molar-refractivity contribution in [1.29, 1.82) is 0 Å². The summed E-state index contributed by atoms with van der Waals surface area (Å²) in [4.78, 5) is 0. The Labute approximate surface area is 110 Å². The highest BCUT2D eigenvalue weighted by Crippen LogP contribution is 2.27. The topological polar surface area (TPSA) is 55.5 Å². The molecule has 0 aliphatic heterocycles. The highest BCUT2D eigenvalue weighted by molar-refractivity contribution is 5.31. The van der Waals surface area contributed by atoms with Crippen molar-refractivity contribution in [2.75, 3.05) is 13.2 Å². The van der Waals surface area contributed by atoms with Crippen LogP contribution in [0.1, 0.15) is 39.2 Å². The van der Waals surface area contributed by atoms with E-state index in [1.807, 2.05) is 12.1 Å². The first-order chi connectivity index (χ1) is 8.49. The molecule has 0 radical (unpaired) electrons. The molecule has 0 saturated carbocycles. The van der Waals surface area contributed by atoms with Crippen LogP contribution in [-0.4, -0.2) is 24.4 Å². The Balaban J connectivity index is 2.51. The minimum atomic E-state index is -0.469. The van der Waals surface area contributed by atoms with Crippen molar-refractivity contribution in [2.45, 2.75) is 45.1 Å². The lowest BCUT2D eigenvalue weighted by Gasteiger charge is -2.23. The molecule has 0 aliphatic rings. The van der Waals surface area contributed by atoms with E-state index in [2.05, 4.69) is 32.9 Å². The zero-order chi connectivity index (χ0) is 13.6. The molecule has 0 aliphatic carbocycles. The van der Waals surface area contributed by atoms with Gasteiger partial charge in [0.2, 0.25) is 0 Å². The Hall–Kier alpha value is -1.06. The number of nitrogens with two attached hydrogens (primary N) is 1. The first kappa shape index (κ1) is 15.0. The van der Waals surface area contributed by atoms with Gasteiger partial charge in [0.25, 0.3) is 0 Å². The van der Waals surface area contributed by atoms with Crippen LogP contribution in [0.15, 0.2) is 24.3 Å². The summed E-state index contributed by atoms with van der Waals surface area (Å²) in [5, 5.41) is 9.31. The van der Waals surface area contributed by atoms with Crippen LogP contribution in [0.3, 0.4) is 0 Å². The Morgan fingerprint density at radius 3 is 2.39 bits per heavy atom. The summed E-state index contributed by atoms with van der Waals surface area (Å²) in [6.07, 6.45) is 1.21.